The summed E-state index contributed by atoms with van der Waals surface area (Å²) < 4.78 is 55.2. The van der Waals surface area contributed by atoms with Crippen LogP contribution in [0, 0.1) is 12.4 Å². The first-order valence-corrected chi connectivity index (χ1v) is 8.99. The maximum Gasteiger partial charge on any atom is 0.417 e. The first kappa shape index (κ1) is 20.9. The lowest BCUT2D eigenvalue weighted by Crippen LogP contribution is -2.50. The molecule has 0 amide bonds. The summed E-state index contributed by atoms with van der Waals surface area (Å²) in [6.07, 6.45) is -6.36. The standard InChI is InChI=1S/C22H20F4N2O/c1-20(2,14-8-10-15(23)11-9-14)13-21(29,22(24,25)26)12-18-19(27-3)16-6-4-5-7-17(16)28-18/h4-11,28-29H,12-13H2,1-2H3. The molecule has 0 radical (unpaired) electrons. The topological polar surface area (TPSA) is 40.4 Å². The smallest absolute Gasteiger partial charge is 0.380 e. The summed E-state index contributed by atoms with van der Waals surface area (Å²) in [4.78, 5) is 6.24. The largest absolute Gasteiger partial charge is 0.417 e. The third kappa shape index (κ3) is 3.99. The Labute approximate surface area is 165 Å². The molecular weight excluding hydrogens is 384 g/mol. The minimum atomic E-state index is -4.93. The van der Waals surface area contributed by atoms with E-state index < -0.39 is 35.9 Å². The zero-order valence-corrected chi connectivity index (χ0v) is 15.9. The van der Waals surface area contributed by atoms with Crippen LogP contribution in [0.15, 0.2) is 48.5 Å². The molecule has 0 saturated heterocycles. The number of aromatic amines is 1. The maximum atomic E-state index is 14.0. The Balaban J connectivity index is 2.02. The molecule has 1 atom stereocenters. The highest BCUT2D eigenvalue weighted by Crippen LogP contribution is 2.44. The van der Waals surface area contributed by atoms with Gasteiger partial charge in [-0.05, 0) is 35.6 Å². The van der Waals surface area contributed by atoms with E-state index in [1.807, 2.05) is 0 Å². The van der Waals surface area contributed by atoms with E-state index in [-0.39, 0.29) is 11.4 Å². The lowest BCUT2D eigenvalue weighted by Gasteiger charge is -2.38. The molecule has 1 heterocycles. The van der Waals surface area contributed by atoms with Gasteiger partial charge in [-0.25, -0.2) is 9.24 Å². The Bertz CT molecular complexity index is 1060. The molecule has 0 spiro atoms. The van der Waals surface area contributed by atoms with E-state index in [0.717, 1.165) is 0 Å². The number of fused-ring (bicyclic) bond motifs is 1. The molecular formula is C22H20F4N2O. The molecule has 7 heteroatoms. The molecule has 2 N–H and O–H groups in total. The van der Waals surface area contributed by atoms with Crippen molar-refractivity contribution in [2.75, 3.05) is 0 Å². The lowest BCUT2D eigenvalue weighted by molar-refractivity contribution is -0.266. The number of benzene rings is 2. The molecule has 0 bridgehead atoms. The summed E-state index contributed by atoms with van der Waals surface area (Å²) in [6, 6.07) is 11.9. The maximum absolute atomic E-state index is 14.0. The van der Waals surface area contributed by atoms with Crippen molar-refractivity contribution in [3.8, 4) is 0 Å². The SMILES string of the molecule is [C-]#[N+]c1c(CC(O)(CC(C)(C)c2ccc(F)cc2)C(F)(F)F)[nH]c2ccccc12. The van der Waals surface area contributed by atoms with Crippen molar-refractivity contribution in [1.82, 2.24) is 4.98 Å². The van der Waals surface area contributed by atoms with Gasteiger partial charge in [0.15, 0.2) is 5.60 Å². The zero-order chi connectivity index (χ0) is 21.4. The third-order valence-electron chi connectivity index (χ3n) is 5.22. The predicted molar refractivity (Wildman–Crippen MR) is 103 cm³/mol. The van der Waals surface area contributed by atoms with E-state index in [1.165, 1.54) is 24.3 Å². The fourth-order valence-electron chi connectivity index (χ4n) is 3.73. The minimum absolute atomic E-state index is 0.0379. The number of hydrogen-bond acceptors (Lipinski definition) is 1. The molecule has 1 aromatic heterocycles. The molecule has 3 nitrogen and oxygen atoms in total. The van der Waals surface area contributed by atoms with Gasteiger partial charge in [0.05, 0.1) is 6.57 Å². The van der Waals surface area contributed by atoms with Crippen LogP contribution < -0.4 is 0 Å². The van der Waals surface area contributed by atoms with Gasteiger partial charge in [0.25, 0.3) is 0 Å². The van der Waals surface area contributed by atoms with Crippen molar-refractivity contribution in [3.63, 3.8) is 0 Å². The monoisotopic (exact) mass is 404 g/mol. The fourth-order valence-corrected chi connectivity index (χ4v) is 3.73. The third-order valence-corrected chi connectivity index (χ3v) is 5.22. The highest BCUT2D eigenvalue weighted by atomic mass is 19.4. The second-order valence-electron chi connectivity index (χ2n) is 7.88. The van der Waals surface area contributed by atoms with Gasteiger partial charge >= 0.3 is 6.18 Å². The molecule has 2 aromatic carbocycles. The van der Waals surface area contributed by atoms with Crippen molar-refractivity contribution in [2.45, 2.75) is 43.9 Å². The molecule has 0 saturated carbocycles. The van der Waals surface area contributed by atoms with E-state index in [2.05, 4.69) is 9.83 Å². The van der Waals surface area contributed by atoms with E-state index >= 15 is 0 Å². The van der Waals surface area contributed by atoms with Gasteiger partial charge in [0.2, 0.25) is 5.69 Å². The van der Waals surface area contributed by atoms with E-state index in [4.69, 9.17) is 6.57 Å². The van der Waals surface area contributed by atoms with Crippen LogP contribution in [0.1, 0.15) is 31.5 Å². The minimum Gasteiger partial charge on any atom is -0.380 e. The van der Waals surface area contributed by atoms with Crippen molar-refractivity contribution in [3.05, 3.63) is 77.0 Å². The summed E-state index contributed by atoms with van der Waals surface area (Å²) >= 11 is 0. The van der Waals surface area contributed by atoms with Gasteiger partial charge < -0.3 is 10.1 Å². The zero-order valence-electron chi connectivity index (χ0n) is 15.9. The average molecular weight is 404 g/mol. The van der Waals surface area contributed by atoms with Crippen LogP contribution in [0.3, 0.4) is 0 Å². The number of para-hydroxylation sites is 1. The summed E-state index contributed by atoms with van der Waals surface area (Å²) in [7, 11) is 0. The number of aliphatic hydroxyl groups is 1. The van der Waals surface area contributed by atoms with Gasteiger partial charge in [-0.2, -0.15) is 13.2 Å². The van der Waals surface area contributed by atoms with Gasteiger partial charge in [0.1, 0.15) is 5.82 Å². The Morgan fingerprint density at radius 2 is 1.66 bits per heavy atom. The summed E-state index contributed by atoms with van der Waals surface area (Å²) in [5, 5.41) is 11.3. The van der Waals surface area contributed by atoms with Crippen LogP contribution in [0.5, 0.6) is 0 Å². The molecule has 3 rings (SSSR count). The highest BCUT2D eigenvalue weighted by molar-refractivity contribution is 5.94. The molecule has 3 aromatic rings. The van der Waals surface area contributed by atoms with E-state index in [0.29, 0.717) is 16.5 Å². The summed E-state index contributed by atoms with van der Waals surface area (Å²) in [6.45, 7) is 10.5. The predicted octanol–water partition coefficient (Wildman–Crippen LogP) is 6.06. The molecule has 1 unspecified atom stereocenters. The van der Waals surface area contributed by atoms with Crippen molar-refractivity contribution in [1.29, 1.82) is 0 Å². The fraction of sp³-hybridized carbons (Fsp3) is 0.318. The second kappa shape index (κ2) is 7.20. The van der Waals surface area contributed by atoms with Gasteiger partial charge in [-0.1, -0.05) is 44.2 Å². The number of nitrogens with one attached hydrogen (secondary N) is 1. The number of nitrogens with zero attached hydrogens (tertiary/aromatic N) is 1. The van der Waals surface area contributed by atoms with Crippen LogP contribution in [0.4, 0.5) is 23.2 Å². The van der Waals surface area contributed by atoms with Gasteiger partial charge in [0, 0.05) is 23.0 Å². The van der Waals surface area contributed by atoms with Crippen molar-refractivity contribution >= 4 is 16.6 Å². The molecule has 0 fully saturated rings. The first-order valence-electron chi connectivity index (χ1n) is 8.99. The second-order valence-corrected chi connectivity index (χ2v) is 7.88. The van der Waals surface area contributed by atoms with Crippen LogP contribution in [0.2, 0.25) is 0 Å². The van der Waals surface area contributed by atoms with Crippen LogP contribution in [-0.4, -0.2) is 21.9 Å². The quantitative estimate of drug-likeness (QED) is 0.394. The normalized spacial score (nSPS) is 14.6. The van der Waals surface area contributed by atoms with Gasteiger partial charge in [-0.3, -0.25) is 0 Å². The average Bonchev–Trinajstić information content (AvgIpc) is 2.97. The molecule has 29 heavy (non-hydrogen) atoms. The van der Waals surface area contributed by atoms with Gasteiger partial charge in [-0.15, -0.1) is 0 Å². The van der Waals surface area contributed by atoms with Crippen LogP contribution in [-0.2, 0) is 11.8 Å². The molecule has 152 valence electrons. The molecule has 0 aliphatic carbocycles. The van der Waals surface area contributed by atoms with E-state index in [1.54, 1.807) is 38.1 Å². The summed E-state index contributed by atoms with van der Waals surface area (Å²) in [5.41, 5.74) is -3.05. The van der Waals surface area contributed by atoms with Crippen molar-refractivity contribution < 1.29 is 22.7 Å². The number of aromatic nitrogens is 1. The number of alkyl halides is 3. The number of H-pyrrole nitrogens is 1. The number of halogens is 4. The highest BCUT2D eigenvalue weighted by Gasteiger charge is 2.56. The number of rotatable bonds is 5. The Kier molecular flexibility index (Phi) is 5.18. The van der Waals surface area contributed by atoms with Crippen LogP contribution in [0.25, 0.3) is 15.7 Å². The van der Waals surface area contributed by atoms with E-state index in [9.17, 15) is 22.7 Å². The first-order chi connectivity index (χ1) is 13.5. The Morgan fingerprint density at radius 1 is 1.03 bits per heavy atom. The van der Waals surface area contributed by atoms with Crippen molar-refractivity contribution in [2.24, 2.45) is 0 Å². The van der Waals surface area contributed by atoms with Crippen LogP contribution >= 0.6 is 0 Å². The summed E-state index contributed by atoms with van der Waals surface area (Å²) in [5.74, 6) is -0.490. The lowest BCUT2D eigenvalue weighted by atomic mass is 9.73. The Hall–Kier alpha value is -2.85. The number of hydrogen-bond donors (Lipinski definition) is 2. The molecule has 0 aliphatic rings. The molecule has 0 aliphatic heterocycles. The Morgan fingerprint density at radius 3 is 2.24 bits per heavy atom.